The van der Waals surface area contributed by atoms with Gasteiger partial charge in [-0.05, 0) is 36.4 Å². The molecular weight excluding hydrogens is 331 g/mol. The molecule has 0 N–H and O–H groups in total. The van der Waals surface area contributed by atoms with Crippen molar-refractivity contribution in [1.29, 1.82) is 0 Å². The van der Waals surface area contributed by atoms with Crippen LogP contribution in [0.25, 0.3) is 21.9 Å². The molecule has 0 radical (unpaired) electrons. The SMILES string of the molecule is Clc1ccc(COc2ccc3oc4ccccc4c3c2)c(Cl)c1. The van der Waals surface area contributed by atoms with Crippen LogP contribution in [0.1, 0.15) is 5.56 Å². The largest absolute Gasteiger partial charge is 0.489 e. The Balaban J connectivity index is 1.65. The number of fused-ring (bicyclic) bond motifs is 3. The van der Waals surface area contributed by atoms with Crippen molar-refractivity contribution in [2.45, 2.75) is 6.61 Å². The average molecular weight is 343 g/mol. The Bertz CT molecular complexity index is 1000. The van der Waals surface area contributed by atoms with Crippen LogP contribution in [0.15, 0.2) is 65.1 Å². The van der Waals surface area contributed by atoms with Crippen molar-refractivity contribution < 1.29 is 9.15 Å². The quantitative estimate of drug-likeness (QED) is 0.425. The predicted octanol–water partition coefficient (Wildman–Crippen LogP) is 6.47. The highest BCUT2D eigenvalue weighted by Crippen LogP contribution is 2.31. The number of ether oxygens (including phenoxy) is 1. The third-order valence-electron chi connectivity index (χ3n) is 3.76. The molecule has 0 aliphatic heterocycles. The van der Waals surface area contributed by atoms with Gasteiger partial charge in [0.1, 0.15) is 23.5 Å². The van der Waals surface area contributed by atoms with Gasteiger partial charge in [-0.25, -0.2) is 0 Å². The van der Waals surface area contributed by atoms with E-state index in [1.807, 2.05) is 48.5 Å². The Kier molecular flexibility index (Phi) is 3.64. The first-order chi connectivity index (χ1) is 11.2. The van der Waals surface area contributed by atoms with Gasteiger partial charge in [0.2, 0.25) is 0 Å². The van der Waals surface area contributed by atoms with Crippen molar-refractivity contribution in [2.75, 3.05) is 0 Å². The smallest absolute Gasteiger partial charge is 0.135 e. The minimum Gasteiger partial charge on any atom is -0.489 e. The molecule has 0 bridgehead atoms. The highest BCUT2D eigenvalue weighted by Gasteiger charge is 2.08. The van der Waals surface area contributed by atoms with Gasteiger partial charge in [0.05, 0.1) is 0 Å². The first kappa shape index (κ1) is 14.4. The number of hydrogen-bond donors (Lipinski definition) is 0. The van der Waals surface area contributed by atoms with Crippen LogP contribution in [0.3, 0.4) is 0 Å². The zero-order chi connectivity index (χ0) is 15.8. The number of benzene rings is 3. The number of hydrogen-bond acceptors (Lipinski definition) is 2. The van der Waals surface area contributed by atoms with Crippen LogP contribution < -0.4 is 4.74 Å². The molecule has 4 heteroatoms. The highest BCUT2D eigenvalue weighted by molar-refractivity contribution is 6.35. The molecule has 0 spiro atoms. The average Bonchev–Trinajstić information content (AvgIpc) is 2.92. The predicted molar refractivity (Wildman–Crippen MR) is 94.5 cm³/mol. The third kappa shape index (κ3) is 2.76. The molecule has 4 aromatic rings. The van der Waals surface area contributed by atoms with Crippen LogP contribution in [0.5, 0.6) is 5.75 Å². The molecule has 0 saturated carbocycles. The van der Waals surface area contributed by atoms with E-state index in [1.165, 1.54) is 0 Å². The van der Waals surface area contributed by atoms with Gasteiger partial charge in [-0.2, -0.15) is 0 Å². The van der Waals surface area contributed by atoms with E-state index < -0.39 is 0 Å². The Morgan fingerprint density at radius 3 is 2.52 bits per heavy atom. The molecule has 2 nitrogen and oxygen atoms in total. The number of para-hydroxylation sites is 1. The Labute approximate surface area is 143 Å². The van der Waals surface area contributed by atoms with E-state index in [0.29, 0.717) is 16.7 Å². The van der Waals surface area contributed by atoms with Gasteiger partial charge in [0.15, 0.2) is 0 Å². The lowest BCUT2D eigenvalue weighted by Crippen LogP contribution is -1.96. The summed E-state index contributed by atoms with van der Waals surface area (Å²) in [6, 6.07) is 19.2. The molecule has 0 aliphatic rings. The molecular formula is C19H12Cl2O2. The second-order valence-electron chi connectivity index (χ2n) is 5.28. The topological polar surface area (TPSA) is 22.4 Å². The second-order valence-corrected chi connectivity index (χ2v) is 6.12. The maximum atomic E-state index is 6.17. The maximum Gasteiger partial charge on any atom is 0.135 e. The normalized spacial score (nSPS) is 11.2. The van der Waals surface area contributed by atoms with Crippen LogP contribution in [-0.4, -0.2) is 0 Å². The van der Waals surface area contributed by atoms with Gasteiger partial charge in [0, 0.05) is 26.4 Å². The minimum atomic E-state index is 0.386. The van der Waals surface area contributed by atoms with Gasteiger partial charge in [0.25, 0.3) is 0 Å². The Morgan fingerprint density at radius 1 is 0.826 bits per heavy atom. The fourth-order valence-electron chi connectivity index (χ4n) is 2.59. The summed E-state index contributed by atoms with van der Waals surface area (Å²) in [5, 5.41) is 3.34. The molecule has 4 rings (SSSR count). The van der Waals surface area contributed by atoms with Crippen molar-refractivity contribution in [2.24, 2.45) is 0 Å². The summed E-state index contributed by atoms with van der Waals surface area (Å²) < 4.78 is 11.7. The minimum absolute atomic E-state index is 0.386. The molecule has 0 aliphatic carbocycles. The van der Waals surface area contributed by atoms with E-state index >= 15 is 0 Å². The molecule has 23 heavy (non-hydrogen) atoms. The van der Waals surface area contributed by atoms with E-state index in [4.69, 9.17) is 32.4 Å². The molecule has 1 aromatic heterocycles. The fraction of sp³-hybridized carbons (Fsp3) is 0.0526. The highest BCUT2D eigenvalue weighted by atomic mass is 35.5. The van der Waals surface area contributed by atoms with Crippen LogP contribution in [0.2, 0.25) is 10.0 Å². The molecule has 0 unspecified atom stereocenters. The first-order valence-corrected chi connectivity index (χ1v) is 7.94. The van der Waals surface area contributed by atoms with Gasteiger partial charge in [-0.3, -0.25) is 0 Å². The molecule has 1 heterocycles. The first-order valence-electron chi connectivity index (χ1n) is 7.19. The van der Waals surface area contributed by atoms with Crippen molar-refractivity contribution in [3.63, 3.8) is 0 Å². The van der Waals surface area contributed by atoms with E-state index in [1.54, 1.807) is 12.1 Å². The lowest BCUT2D eigenvalue weighted by molar-refractivity contribution is 0.306. The van der Waals surface area contributed by atoms with E-state index in [0.717, 1.165) is 33.3 Å². The molecule has 114 valence electrons. The second kappa shape index (κ2) is 5.80. The lowest BCUT2D eigenvalue weighted by atomic mass is 10.1. The zero-order valence-electron chi connectivity index (χ0n) is 12.1. The number of halogens is 2. The summed E-state index contributed by atoms with van der Waals surface area (Å²) in [6.45, 7) is 0.386. The van der Waals surface area contributed by atoms with Gasteiger partial charge >= 0.3 is 0 Å². The fourth-order valence-corrected chi connectivity index (χ4v) is 3.06. The molecule has 3 aromatic carbocycles. The zero-order valence-corrected chi connectivity index (χ0v) is 13.6. The molecule has 0 saturated heterocycles. The van der Waals surface area contributed by atoms with E-state index in [-0.39, 0.29) is 0 Å². The Morgan fingerprint density at radius 2 is 1.65 bits per heavy atom. The summed E-state index contributed by atoms with van der Waals surface area (Å²) in [5.41, 5.74) is 2.62. The monoisotopic (exact) mass is 342 g/mol. The lowest BCUT2D eigenvalue weighted by Gasteiger charge is -2.08. The Hall–Kier alpha value is -2.16. The summed E-state index contributed by atoms with van der Waals surface area (Å²) in [6.07, 6.45) is 0. The number of rotatable bonds is 3. The van der Waals surface area contributed by atoms with Gasteiger partial charge < -0.3 is 9.15 Å². The van der Waals surface area contributed by atoms with Crippen LogP contribution in [0.4, 0.5) is 0 Å². The van der Waals surface area contributed by atoms with E-state index in [2.05, 4.69) is 0 Å². The van der Waals surface area contributed by atoms with Crippen LogP contribution in [0, 0.1) is 0 Å². The van der Waals surface area contributed by atoms with Crippen LogP contribution >= 0.6 is 23.2 Å². The summed E-state index contributed by atoms with van der Waals surface area (Å²) in [7, 11) is 0. The standard InChI is InChI=1S/C19H12Cl2O2/c20-13-6-5-12(17(21)9-13)11-22-14-7-8-19-16(10-14)15-3-1-2-4-18(15)23-19/h1-10H,11H2. The van der Waals surface area contributed by atoms with Gasteiger partial charge in [-0.15, -0.1) is 0 Å². The van der Waals surface area contributed by atoms with E-state index in [9.17, 15) is 0 Å². The number of furan rings is 1. The van der Waals surface area contributed by atoms with Gasteiger partial charge in [-0.1, -0.05) is 47.5 Å². The molecule has 0 atom stereocenters. The van der Waals surface area contributed by atoms with Crippen molar-refractivity contribution >= 4 is 45.1 Å². The van der Waals surface area contributed by atoms with Crippen molar-refractivity contribution in [3.05, 3.63) is 76.3 Å². The summed E-state index contributed by atoms with van der Waals surface area (Å²) in [5.74, 6) is 0.773. The third-order valence-corrected chi connectivity index (χ3v) is 4.34. The van der Waals surface area contributed by atoms with Crippen molar-refractivity contribution in [1.82, 2.24) is 0 Å². The van der Waals surface area contributed by atoms with Crippen LogP contribution in [-0.2, 0) is 6.61 Å². The maximum absolute atomic E-state index is 6.17. The van der Waals surface area contributed by atoms with Crippen molar-refractivity contribution in [3.8, 4) is 5.75 Å². The molecule has 0 amide bonds. The summed E-state index contributed by atoms with van der Waals surface area (Å²) >= 11 is 12.1. The summed E-state index contributed by atoms with van der Waals surface area (Å²) in [4.78, 5) is 0. The molecule has 0 fully saturated rings.